The van der Waals surface area contributed by atoms with Gasteiger partial charge in [-0.1, -0.05) is 41.4 Å². The van der Waals surface area contributed by atoms with Gasteiger partial charge in [-0.15, -0.1) is 0 Å². The minimum absolute atomic E-state index is 0.0402. The molecule has 0 saturated carbocycles. The number of carbonyl (C=O) groups is 1. The van der Waals surface area contributed by atoms with Crippen LogP contribution in [0.2, 0.25) is 10.0 Å². The molecule has 8 heteroatoms. The zero-order chi connectivity index (χ0) is 21.0. The third kappa shape index (κ3) is 5.47. The Labute approximate surface area is 180 Å². The average molecular weight is 436 g/mol. The van der Waals surface area contributed by atoms with Gasteiger partial charge in [0.25, 0.3) is 5.69 Å². The predicted octanol–water partition coefficient (Wildman–Crippen LogP) is 4.74. The standard InChI is InChI=1S/C21H23Cl2N3O3/c1-24(21(27)13-15-4-9-18(22)19(23)12-15)20(14-25-10-2-3-11-25)16-5-7-17(8-6-16)26(28)29/h4-9,12,20H,2-3,10-11,13-14H2,1H3. The monoisotopic (exact) mass is 435 g/mol. The maximum atomic E-state index is 13.0. The molecule has 3 rings (SSSR count). The van der Waals surface area contributed by atoms with Crippen molar-refractivity contribution >= 4 is 34.8 Å². The largest absolute Gasteiger partial charge is 0.337 e. The highest BCUT2D eigenvalue weighted by atomic mass is 35.5. The Balaban J connectivity index is 1.80. The quantitative estimate of drug-likeness (QED) is 0.465. The van der Waals surface area contributed by atoms with Crippen LogP contribution < -0.4 is 0 Å². The molecule has 0 bridgehead atoms. The van der Waals surface area contributed by atoms with Crippen LogP contribution in [-0.2, 0) is 11.2 Å². The van der Waals surface area contributed by atoms with Crippen LogP contribution in [0.4, 0.5) is 5.69 Å². The average Bonchev–Trinajstić information content (AvgIpc) is 3.22. The molecule has 1 fully saturated rings. The number of non-ortho nitro benzene ring substituents is 1. The van der Waals surface area contributed by atoms with E-state index in [2.05, 4.69) is 4.90 Å². The van der Waals surface area contributed by atoms with Crippen molar-refractivity contribution in [2.24, 2.45) is 0 Å². The third-order valence-electron chi connectivity index (χ3n) is 5.32. The van der Waals surface area contributed by atoms with E-state index in [1.807, 2.05) is 0 Å². The highest BCUT2D eigenvalue weighted by Gasteiger charge is 2.26. The van der Waals surface area contributed by atoms with Crippen LogP contribution in [0.15, 0.2) is 42.5 Å². The molecule has 2 aromatic carbocycles. The fourth-order valence-corrected chi connectivity index (χ4v) is 3.92. The minimum Gasteiger partial charge on any atom is -0.337 e. The molecule has 6 nitrogen and oxygen atoms in total. The maximum Gasteiger partial charge on any atom is 0.269 e. The van der Waals surface area contributed by atoms with Gasteiger partial charge in [0.1, 0.15) is 0 Å². The van der Waals surface area contributed by atoms with Crippen LogP contribution >= 0.6 is 23.2 Å². The smallest absolute Gasteiger partial charge is 0.269 e. The molecule has 1 aliphatic rings. The lowest BCUT2D eigenvalue weighted by Gasteiger charge is -2.32. The first kappa shape index (κ1) is 21.6. The van der Waals surface area contributed by atoms with Crippen LogP contribution in [0, 0.1) is 10.1 Å². The summed E-state index contributed by atoms with van der Waals surface area (Å²) in [5.41, 5.74) is 1.71. The van der Waals surface area contributed by atoms with Crippen LogP contribution in [0.3, 0.4) is 0 Å². The first-order valence-electron chi connectivity index (χ1n) is 9.51. The van der Waals surface area contributed by atoms with Crippen molar-refractivity contribution in [1.82, 2.24) is 9.80 Å². The summed E-state index contributed by atoms with van der Waals surface area (Å²) in [6.45, 7) is 2.69. The third-order valence-corrected chi connectivity index (χ3v) is 6.06. The van der Waals surface area contributed by atoms with E-state index < -0.39 is 4.92 Å². The number of halogens is 2. The van der Waals surface area contributed by atoms with Gasteiger partial charge in [0.05, 0.1) is 27.4 Å². The number of amides is 1. The molecule has 0 spiro atoms. The Morgan fingerprint density at radius 2 is 1.79 bits per heavy atom. The summed E-state index contributed by atoms with van der Waals surface area (Å²) in [4.78, 5) is 27.6. The molecule has 0 aromatic heterocycles. The lowest BCUT2D eigenvalue weighted by atomic mass is 10.0. The topological polar surface area (TPSA) is 66.7 Å². The van der Waals surface area contributed by atoms with E-state index in [1.165, 1.54) is 12.1 Å². The van der Waals surface area contributed by atoms with Crippen LogP contribution in [0.5, 0.6) is 0 Å². The Morgan fingerprint density at radius 1 is 1.14 bits per heavy atom. The Hall–Kier alpha value is -2.15. The number of nitro benzene ring substituents is 1. The molecule has 154 valence electrons. The molecule has 1 amide bonds. The normalized spacial score (nSPS) is 15.3. The van der Waals surface area contributed by atoms with Crippen molar-refractivity contribution in [1.29, 1.82) is 0 Å². The van der Waals surface area contributed by atoms with E-state index in [9.17, 15) is 14.9 Å². The van der Waals surface area contributed by atoms with Crippen LogP contribution in [-0.4, -0.2) is 47.3 Å². The van der Waals surface area contributed by atoms with Crippen molar-refractivity contribution in [3.63, 3.8) is 0 Å². The number of carbonyl (C=O) groups excluding carboxylic acids is 1. The molecule has 1 aliphatic heterocycles. The molecule has 1 heterocycles. The number of likely N-dealkylation sites (N-methyl/N-ethyl adjacent to an activating group) is 1. The zero-order valence-electron chi connectivity index (χ0n) is 16.2. The molecule has 1 unspecified atom stereocenters. The van der Waals surface area contributed by atoms with Crippen molar-refractivity contribution in [2.45, 2.75) is 25.3 Å². The first-order chi connectivity index (χ1) is 13.8. The summed E-state index contributed by atoms with van der Waals surface area (Å²) in [7, 11) is 1.78. The van der Waals surface area contributed by atoms with Gasteiger partial charge in [-0.05, 0) is 49.2 Å². The predicted molar refractivity (Wildman–Crippen MR) is 114 cm³/mol. The van der Waals surface area contributed by atoms with Gasteiger partial charge in [0, 0.05) is 25.7 Å². The second-order valence-corrected chi connectivity index (χ2v) is 8.12. The number of nitro groups is 1. The first-order valence-corrected chi connectivity index (χ1v) is 10.3. The fraction of sp³-hybridized carbons (Fsp3) is 0.381. The minimum atomic E-state index is -0.418. The number of benzene rings is 2. The van der Waals surface area contributed by atoms with E-state index in [0.29, 0.717) is 16.6 Å². The summed E-state index contributed by atoms with van der Waals surface area (Å²) in [6.07, 6.45) is 2.50. The highest BCUT2D eigenvalue weighted by Crippen LogP contribution is 2.27. The van der Waals surface area contributed by atoms with E-state index in [0.717, 1.165) is 37.1 Å². The van der Waals surface area contributed by atoms with E-state index in [-0.39, 0.29) is 24.1 Å². The molecule has 0 radical (unpaired) electrons. The summed E-state index contributed by atoms with van der Waals surface area (Å²) in [5.74, 6) is -0.0501. The van der Waals surface area contributed by atoms with Gasteiger partial charge < -0.3 is 9.80 Å². The SMILES string of the molecule is CN(C(=O)Cc1ccc(Cl)c(Cl)c1)C(CN1CCCC1)c1ccc([N+](=O)[O-])cc1. The summed E-state index contributed by atoms with van der Waals surface area (Å²) < 4.78 is 0. The van der Waals surface area contributed by atoms with Gasteiger partial charge in [-0.2, -0.15) is 0 Å². The summed E-state index contributed by atoms with van der Waals surface area (Å²) in [6, 6.07) is 11.4. The van der Waals surface area contributed by atoms with Gasteiger partial charge in [-0.25, -0.2) is 0 Å². The lowest BCUT2D eigenvalue weighted by molar-refractivity contribution is -0.384. The second kappa shape index (κ2) is 9.57. The molecule has 29 heavy (non-hydrogen) atoms. The molecule has 2 aromatic rings. The van der Waals surface area contributed by atoms with Crippen molar-refractivity contribution in [2.75, 3.05) is 26.7 Å². The number of rotatable bonds is 7. The summed E-state index contributed by atoms with van der Waals surface area (Å²) >= 11 is 12.0. The number of nitrogens with zero attached hydrogens (tertiary/aromatic N) is 3. The van der Waals surface area contributed by atoms with E-state index >= 15 is 0 Å². The zero-order valence-corrected chi connectivity index (χ0v) is 17.7. The molecular formula is C21H23Cl2N3O3. The van der Waals surface area contributed by atoms with Crippen molar-refractivity contribution < 1.29 is 9.72 Å². The van der Waals surface area contributed by atoms with E-state index in [1.54, 1.807) is 42.3 Å². The molecule has 0 N–H and O–H groups in total. The van der Waals surface area contributed by atoms with Crippen LogP contribution in [0.1, 0.15) is 30.0 Å². The molecule has 1 saturated heterocycles. The van der Waals surface area contributed by atoms with Crippen molar-refractivity contribution in [3.05, 3.63) is 73.8 Å². The Bertz CT molecular complexity index is 883. The van der Waals surface area contributed by atoms with Gasteiger partial charge in [-0.3, -0.25) is 14.9 Å². The molecular weight excluding hydrogens is 413 g/mol. The number of hydrogen-bond donors (Lipinski definition) is 0. The van der Waals surface area contributed by atoms with Crippen molar-refractivity contribution in [3.8, 4) is 0 Å². The number of hydrogen-bond acceptors (Lipinski definition) is 4. The fourth-order valence-electron chi connectivity index (χ4n) is 3.60. The number of likely N-dealkylation sites (tertiary alicyclic amines) is 1. The van der Waals surface area contributed by atoms with Gasteiger partial charge in [0.2, 0.25) is 5.91 Å². The summed E-state index contributed by atoms with van der Waals surface area (Å²) in [5, 5.41) is 11.8. The van der Waals surface area contributed by atoms with E-state index in [4.69, 9.17) is 23.2 Å². The Morgan fingerprint density at radius 3 is 2.38 bits per heavy atom. The lowest BCUT2D eigenvalue weighted by Crippen LogP contribution is -2.39. The second-order valence-electron chi connectivity index (χ2n) is 7.30. The van der Waals surface area contributed by atoms with Crippen LogP contribution in [0.25, 0.3) is 0 Å². The Kier molecular flexibility index (Phi) is 7.11. The highest BCUT2D eigenvalue weighted by molar-refractivity contribution is 6.42. The molecule has 1 atom stereocenters. The maximum absolute atomic E-state index is 13.0. The molecule has 0 aliphatic carbocycles. The van der Waals surface area contributed by atoms with Gasteiger partial charge >= 0.3 is 0 Å². The van der Waals surface area contributed by atoms with Gasteiger partial charge in [0.15, 0.2) is 0 Å².